The molecule has 132 valence electrons. The predicted octanol–water partition coefficient (Wildman–Crippen LogP) is 3.32. The normalized spacial score (nSPS) is 14.4. The van der Waals surface area contributed by atoms with Gasteiger partial charge < -0.3 is 14.6 Å². The lowest BCUT2D eigenvalue weighted by Crippen LogP contribution is -2.44. The first-order valence-corrected chi connectivity index (χ1v) is 7.66. The zero-order valence-electron chi connectivity index (χ0n) is 13.8. The number of rotatable bonds is 3. The molecule has 1 aliphatic rings. The van der Waals surface area contributed by atoms with Crippen LogP contribution in [0.3, 0.4) is 0 Å². The van der Waals surface area contributed by atoms with Crippen LogP contribution in [-0.2, 0) is 0 Å². The van der Waals surface area contributed by atoms with E-state index in [0.717, 1.165) is 37.3 Å². The van der Waals surface area contributed by atoms with E-state index in [1.165, 1.54) is 0 Å². The Kier molecular flexibility index (Phi) is 7.73. The topological polar surface area (TPSA) is 58.4 Å². The molecule has 1 aliphatic heterocycles. The molecule has 1 amide bonds. The van der Waals surface area contributed by atoms with Crippen LogP contribution in [0.1, 0.15) is 28.9 Å². The summed E-state index contributed by atoms with van der Waals surface area (Å²) >= 11 is 0. The minimum Gasteiger partial charge on any atom is -0.463 e. The van der Waals surface area contributed by atoms with Gasteiger partial charge in [-0.3, -0.25) is 4.79 Å². The van der Waals surface area contributed by atoms with Crippen LogP contribution in [0.15, 0.2) is 34.9 Å². The molecule has 2 aromatic heterocycles. The smallest absolute Gasteiger partial charge is 0.255 e. The van der Waals surface area contributed by atoms with Gasteiger partial charge in [-0.2, -0.15) is 0 Å². The van der Waals surface area contributed by atoms with Gasteiger partial charge in [0.15, 0.2) is 5.76 Å². The second kappa shape index (κ2) is 9.06. The van der Waals surface area contributed by atoms with Crippen molar-refractivity contribution in [1.29, 1.82) is 0 Å². The van der Waals surface area contributed by atoms with Crippen LogP contribution in [0.2, 0.25) is 0 Å². The summed E-state index contributed by atoms with van der Waals surface area (Å²) in [6.45, 7) is 3.81. The molecule has 1 saturated heterocycles. The van der Waals surface area contributed by atoms with E-state index in [0.29, 0.717) is 17.4 Å². The van der Waals surface area contributed by atoms with Crippen LogP contribution in [0, 0.1) is 6.92 Å². The van der Waals surface area contributed by atoms with Crippen molar-refractivity contribution in [3.05, 3.63) is 41.8 Å². The van der Waals surface area contributed by atoms with Crippen LogP contribution in [0.5, 0.6) is 0 Å². The van der Waals surface area contributed by atoms with Gasteiger partial charge in [0.25, 0.3) is 5.91 Å². The molecule has 5 nitrogen and oxygen atoms in total. The van der Waals surface area contributed by atoms with Crippen molar-refractivity contribution in [2.75, 3.05) is 20.1 Å². The van der Waals surface area contributed by atoms with Gasteiger partial charge in [0.2, 0.25) is 0 Å². The van der Waals surface area contributed by atoms with Crippen molar-refractivity contribution < 1.29 is 9.21 Å². The number of halogens is 2. The molecule has 3 rings (SSSR count). The minimum absolute atomic E-state index is 0. The number of carbonyl (C=O) groups is 1. The molecular formula is C17H23Cl2N3O2. The third-order valence-electron chi connectivity index (χ3n) is 4.27. The summed E-state index contributed by atoms with van der Waals surface area (Å²) in [6, 6.07) is 7.69. The van der Waals surface area contributed by atoms with Gasteiger partial charge in [0.05, 0.1) is 17.5 Å². The highest BCUT2D eigenvalue weighted by atomic mass is 35.5. The van der Waals surface area contributed by atoms with Crippen LogP contribution in [0.25, 0.3) is 11.5 Å². The van der Waals surface area contributed by atoms with Crippen molar-refractivity contribution in [2.24, 2.45) is 0 Å². The molecule has 0 bridgehead atoms. The molecule has 2 aromatic rings. The van der Waals surface area contributed by atoms with Crippen molar-refractivity contribution >= 4 is 30.7 Å². The van der Waals surface area contributed by atoms with Gasteiger partial charge >= 0.3 is 0 Å². The maximum atomic E-state index is 12.7. The lowest BCUT2D eigenvalue weighted by molar-refractivity contribution is 0.0702. The van der Waals surface area contributed by atoms with E-state index < -0.39 is 0 Å². The second-order valence-electron chi connectivity index (χ2n) is 5.70. The first-order valence-electron chi connectivity index (χ1n) is 7.66. The Labute approximate surface area is 154 Å². The molecule has 0 radical (unpaired) electrons. The third-order valence-corrected chi connectivity index (χ3v) is 4.27. The molecule has 3 heterocycles. The summed E-state index contributed by atoms with van der Waals surface area (Å²) in [5.41, 5.74) is 2.15. The molecule has 1 fully saturated rings. The summed E-state index contributed by atoms with van der Waals surface area (Å²) < 4.78 is 5.35. The average Bonchev–Trinajstić information content (AvgIpc) is 3.09. The Morgan fingerprint density at radius 3 is 2.54 bits per heavy atom. The van der Waals surface area contributed by atoms with E-state index in [9.17, 15) is 4.79 Å². The van der Waals surface area contributed by atoms with Crippen molar-refractivity contribution in [2.45, 2.75) is 25.8 Å². The zero-order chi connectivity index (χ0) is 15.5. The molecule has 1 N–H and O–H groups in total. The van der Waals surface area contributed by atoms with E-state index in [-0.39, 0.29) is 30.7 Å². The van der Waals surface area contributed by atoms with Crippen molar-refractivity contribution in [3.63, 3.8) is 0 Å². The van der Waals surface area contributed by atoms with Crippen LogP contribution < -0.4 is 5.32 Å². The molecular weight excluding hydrogens is 349 g/mol. The fourth-order valence-corrected chi connectivity index (χ4v) is 2.90. The highest BCUT2D eigenvalue weighted by Gasteiger charge is 2.24. The number of furan rings is 1. The zero-order valence-corrected chi connectivity index (χ0v) is 15.5. The number of aromatic nitrogens is 1. The fourth-order valence-electron chi connectivity index (χ4n) is 2.90. The number of piperidine rings is 1. The van der Waals surface area contributed by atoms with E-state index in [1.807, 2.05) is 43.1 Å². The van der Waals surface area contributed by atoms with Gasteiger partial charge in [0.1, 0.15) is 5.69 Å². The lowest BCUT2D eigenvalue weighted by atomic mass is 10.0. The number of hydrogen-bond donors (Lipinski definition) is 1. The van der Waals surface area contributed by atoms with Gasteiger partial charge in [-0.25, -0.2) is 4.98 Å². The summed E-state index contributed by atoms with van der Waals surface area (Å²) in [6.07, 6.45) is 3.62. The highest BCUT2D eigenvalue weighted by molar-refractivity contribution is 5.95. The monoisotopic (exact) mass is 371 g/mol. The van der Waals surface area contributed by atoms with E-state index >= 15 is 0 Å². The maximum Gasteiger partial charge on any atom is 0.255 e. The maximum absolute atomic E-state index is 12.7. The Morgan fingerprint density at radius 2 is 1.96 bits per heavy atom. The molecule has 7 heteroatoms. The molecule has 0 unspecified atom stereocenters. The van der Waals surface area contributed by atoms with Crippen molar-refractivity contribution in [3.8, 4) is 11.5 Å². The van der Waals surface area contributed by atoms with Crippen molar-refractivity contribution in [1.82, 2.24) is 15.2 Å². The van der Waals surface area contributed by atoms with E-state index in [4.69, 9.17) is 4.42 Å². The number of hydrogen-bond acceptors (Lipinski definition) is 4. The quantitative estimate of drug-likeness (QED) is 0.898. The summed E-state index contributed by atoms with van der Waals surface area (Å²) in [7, 11) is 1.89. The average molecular weight is 372 g/mol. The lowest BCUT2D eigenvalue weighted by Gasteiger charge is -2.32. The van der Waals surface area contributed by atoms with E-state index in [1.54, 1.807) is 6.26 Å². The van der Waals surface area contributed by atoms with Gasteiger partial charge in [0, 0.05) is 13.1 Å². The number of amides is 1. The van der Waals surface area contributed by atoms with Gasteiger partial charge in [-0.05, 0) is 57.1 Å². The highest BCUT2D eigenvalue weighted by Crippen LogP contribution is 2.21. The SMILES string of the molecule is Cc1nc(-c2ccco2)ccc1C(=O)N(C)C1CCNCC1.Cl.Cl. The molecule has 0 saturated carbocycles. The fraction of sp³-hybridized carbons (Fsp3) is 0.412. The number of nitrogens with zero attached hydrogens (tertiary/aromatic N) is 2. The molecule has 0 aromatic carbocycles. The Hall–Kier alpha value is -1.56. The number of nitrogens with one attached hydrogen (secondary N) is 1. The van der Waals surface area contributed by atoms with Crippen LogP contribution in [0.4, 0.5) is 0 Å². The second-order valence-corrected chi connectivity index (χ2v) is 5.70. The Balaban J connectivity index is 0.00000144. The summed E-state index contributed by atoms with van der Waals surface area (Å²) in [5.74, 6) is 0.761. The minimum atomic E-state index is 0. The Bertz CT molecular complexity index is 656. The molecule has 0 spiro atoms. The molecule has 24 heavy (non-hydrogen) atoms. The predicted molar refractivity (Wildman–Crippen MR) is 99.2 cm³/mol. The van der Waals surface area contributed by atoms with Crippen LogP contribution in [-0.4, -0.2) is 42.0 Å². The largest absolute Gasteiger partial charge is 0.463 e. The molecule has 0 atom stereocenters. The molecule has 0 aliphatic carbocycles. The van der Waals surface area contributed by atoms with Gasteiger partial charge in [-0.1, -0.05) is 0 Å². The van der Waals surface area contributed by atoms with E-state index in [2.05, 4.69) is 10.3 Å². The standard InChI is InChI=1S/C17H21N3O2.2ClH/c1-12-14(5-6-15(19-12)16-4-3-11-22-16)17(21)20(2)13-7-9-18-10-8-13;;/h3-6,11,13,18H,7-10H2,1-2H3;2*1H. The summed E-state index contributed by atoms with van der Waals surface area (Å²) in [4.78, 5) is 19.1. The summed E-state index contributed by atoms with van der Waals surface area (Å²) in [5, 5.41) is 3.32. The number of aryl methyl sites for hydroxylation is 1. The number of pyridine rings is 1. The first kappa shape index (κ1) is 20.5. The van der Waals surface area contributed by atoms with Gasteiger partial charge in [-0.15, -0.1) is 24.8 Å². The number of carbonyl (C=O) groups excluding carboxylic acids is 1. The third kappa shape index (κ3) is 4.29. The van der Waals surface area contributed by atoms with Crippen LogP contribution >= 0.6 is 24.8 Å². The Morgan fingerprint density at radius 1 is 1.25 bits per heavy atom. The first-order chi connectivity index (χ1) is 10.7.